The van der Waals surface area contributed by atoms with Crippen molar-refractivity contribution in [3.8, 4) is 11.5 Å². The Morgan fingerprint density at radius 2 is 1.80 bits per heavy atom. The van der Waals surface area contributed by atoms with Crippen molar-refractivity contribution >= 4 is 61.8 Å². The van der Waals surface area contributed by atoms with Crippen LogP contribution in [0.5, 0.6) is 11.5 Å². The van der Waals surface area contributed by atoms with Gasteiger partial charge in [-0.05, 0) is 55.3 Å². The van der Waals surface area contributed by atoms with Crippen molar-refractivity contribution in [1.82, 2.24) is 9.13 Å². The van der Waals surface area contributed by atoms with Crippen LogP contribution >= 0.6 is 38.9 Å². The standard InChI is InChI=1S/C34H29BrClN3O5S/c1-5-44-33(41)30-19(2)37-34-39(31(30)23-15-27(42-3)28(43-4)16-24(23)35)32(40)29(45-34)14-21-18-38(26-13-9-7-11-22(21)26)17-20-10-6-8-12-25(20)36/h6-16,18,31H,5,17H2,1-4H3/b29-14-. The van der Waals surface area contributed by atoms with Crippen LogP contribution in [0.3, 0.4) is 0 Å². The van der Waals surface area contributed by atoms with Gasteiger partial charge in [-0.1, -0.05) is 75.3 Å². The Bertz CT molecular complexity index is 2180. The number of thiazole rings is 1. The van der Waals surface area contributed by atoms with Gasteiger partial charge < -0.3 is 18.8 Å². The van der Waals surface area contributed by atoms with E-state index >= 15 is 0 Å². The monoisotopic (exact) mass is 705 g/mol. The minimum atomic E-state index is -0.821. The normalized spacial score (nSPS) is 14.8. The van der Waals surface area contributed by atoms with Crippen molar-refractivity contribution in [3.63, 3.8) is 0 Å². The molecule has 0 radical (unpaired) electrons. The fourth-order valence-electron chi connectivity index (χ4n) is 5.64. The number of carbonyl (C=O) groups is 1. The molecule has 0 spiro atoms. The van der Waals surface area contributed by atoms with Gasteiger partial charge in [0.15, 0.2) is 16.3 Å². The molecule has 2 aromatic heterocycles. The molecular formula is C34H29BrClN3O5S. The molecule has 1 unspecified atom stereocenters. The van der Waals surface area contributed by atoms with E-state index in [1.807, 2.05) is 54.7 Å². The number of fused-ring (bicyclic) bond motifs is 2. The van der Waals surface area contributed by atoms with Crippen molar-refractivity contribution in [2.24, 2.45) is 4.99 Å². The Hall–Kier alpha value is -4.12. The molecule has 45 heavy (non-hydrogen) atoms. The van der Waals surface area contributed by atoms with Crippen LogP contribution in [0.2, 0.25) is 5.02 Å². The first-order valence-corrected chi connectivity index (χ1v) is 16.2. The summed E-state index contributed by atoms with van der Waals surface area (Å²) in [6.07, 6.45) is 3.92. The summed E-state index contributed by atoms with van der Waals surface area (Å²) in [5.41, 5.74) is 4.01. The smallest absolute Gasteiger partial charge is 0.338 e. The molecule has 1 aliphatic rings. The number of allylic oxidation sites excluding steroid dienone is 1. The highest BCUT2D eigenvalue weighted by molar-refractivity contribution is 9.10. The molecule has 0 saturated carbocycles. The highest BCUT2D eigenvalue weighted by Crippen LogP contribution is 2.41. The minimum Gasteiger partial charge on any atom is -0.493 e. The van der Waals surface area contributed by atoms with Gasteiger partial charge in [-0.15, -0.1) is 0 Å². The zero-order valence-corrected chi connectivity index (χ0v) is 28.1. The average molecular weight is 707 g/mol. The Morgan fingerprint density at radius 3 is 2.53 bits per heavy atom. The molecule has 3 aromatic carbocycles. The molecule has 0 amide bonds. The van der Waals surface area contributed by atoms with E-state index in [9.17, 15) is 9.59 Å². The van der Waals surface area contributed by atoms with E-state index in [2.05, 4.69) is 26.6 Å². The summed E-state index contributed by atoms with van der Waals surface area (Å²) in [4.78, 5) is 32.9. The van der Waals surface area contributed by atoms with E-state index in [0.717, 1.165) is 22.0 Å². The lowest BCUT2D eigenvalue weighted by molar-refractivity contribution is -0.139. The van der Waals surface area contributed by atoms with Crippen molar-refractivity contribution in [2.75, 3.05) is 20.8 Å². The van der Waals surface area contributed by atoms with Gasteiger partial charge in [-0.3, -0.25) is 9.36 Å². The number of aromatic nitrogens is 2. The second-order valence-electron chi connectivity index (χ2n) is 10.4. The number of para-hydroxylation sites is 1. The SMILES string of the molecule is CCOC(=O)C1=C(C)N=c2s/c(=C\c3cn(Cc4ccccc4Cl)c4ccccc34)c(=O)n2C1c1cc(OC)c(OC)cc1Br. The van der Waals surface area contributed by atoms with Crippen LogP contribution < -0.4 is 24.4 Å². The van der Waals surface area contributed by atoms with Crippen molar-refractivity contribution < 1.29 is 19.0 Å². The molecular weight excluding hydrogens is 678 g/mol. The third-order valence-corrected chi connectivity index (χ3v) is 9.76. The Balaban J connectivity index is 1.55. The van der Waals surface area contributed by atoms with Crippen LogP contribution in [-0.2, 0) is 16.1 Å². The van der Waals surface area contributed by atoms with Gasteiger partial charge in [0.1, 0.15) is 0 Å². The summed E-state index contributed by atoms with van der Waals surface area (Å²) in [5, 5.41) is 1.69. The summed E-state index contributed by atoms with van der Waals surface area (Å²) in [7, 11) is 3.09. The summed E-state index contributed by atoms with van der Waals surface area (Å²) >= 11 is 11.4. The lowest BCUT2D eigenvalue weighted by Gasteiger charge is -2.26. The van der Waals surface area contributed by atoms with E-state index in [0.29, 0.717) is 48.1 Å². The molecule has 1 aliphatic heterocycles. The lowest BCUT2D eigenvalue weighted by Crippen LogP contribution is -2.40. The van der Waals surface area contributed by atoms with Crippen molar-refractivity contribution in [2.45, 2.75) is 26.4 Å². The zero-order valence-electron chi connectivity index (χ0n) is 25.0. The van der Waals surface area contributed by atoms with E-state index in [4.69, 9.17) is 30.8 Å². The largest absolute Gasteiger partial charge is 0.493 e. The molecule has 0 bridgehead atoms. The molecule has 230 valence electrons. The molecule has 0 N–H and O–H groups in total. The molecule has 1 atom stereocenters. The highest BCUT2D eigenvalue weighted by Gasteiger charge is 2.35. The van der Waals surface area contributed by atoms with Gasteiger partial charge >= 0.3 is 5.97 Å². The number of rotatable bonds is 8. The number of methoxy groups -OCH3 is 2. The molecule has 0 aliphatic carbocycles. The minimum absolute atomic E-state index is 0.179. The number of benzene rings is 3. The third kappa shape index (κ3) is 5.62. The maximum atomic E-state index is 14.3. The second-order valence-corrected chi connectivity index (χ2v) is 12.6. The van der Waals surface area contributed by atoms with Gasteiger partial charge in [0.05, 0.1) is 42.7 Å². The van der Waals surface area contributed by atoms with Crippen LogP contribution in [0.4, 0.5) is 0 Å². The van der Waals surface area contributed by atoms with E-state index in [-0.39, 0.29) is 17.7 Å². The van der Waals surface area contributed by atoms with E-state index < -0.39 is 12.0 Å². The summed E-state index contributed by atoms with van der Waals surface area (Å²) in [6, 6.07) is 18.5. The molecule has 11 heteroatoms. The molecule has 0 saturated heterocycles. The van der Waals surface area contributed by atoms with Gasteiger partial charge in [-0.2, -0.15) is 0 Å². The van der Waals surface area contributed by atoms with Crippen LogP contribution in [0.25, 0.3) is 17.0 Å². The number of hydrogen-bond donors (Lipinski definition) is 0. The quantitative estimate of drug-likeness (QED) is 0.179. The van der Waals surface area contributed by atoms with Crippen molar-refractivity contribution in [3.05, 3.63) is 124 Å². The number of carbonyl (C=O) groups excluding carboxylic acids is 1. The van der Waals surface area contributed by atoms with Gasteiger partial charge in [0.2, 0.25) is 0 Å². The van der Waals surface area contributed by atoms with Crippen LogP contribution in [-0.4, -0.2) is 35.9 Å². The fraction of sp³-hybridized carbons (Fsp3) is 0.206. The van der Waals surface area contributed by atoms with Gasteiger partial charge in [0, 0.05) is 38.7 Å². The lowest BCUT2D eigenvalue weighted by atomic mass is 9.95. The van der Waals surface area contributed by atoms with Gasteiger partial charge in [-0.25, -0.2) is 9.79 Å². The topological polar surface area (TPSA) is 84.1 Å². The number of hydrogen-bond acceptors (Lipinski definition) is 7. The first-order chi connectivity index (χ1) is 21.7. The number of nitrogens with zero attached hydrogens (tertiary/aromatic N) is 3. The molecule has 3 heterocycles. The second kappa shape index (κ2) is 12.7. The third-order valence-electron chi connectivity index (χ3n) is 7.72. The first kappa shape index (κ1) is 30.9. The molecule has 0 fully saturated rings. The Labute approximate surface area is 276 Å². The predicted molar refractivity (Wildman–Crippen MR) is 180 cm³/mol. The summed E-state index contributed by atoms with van der Waals surface area (Å²) < 4.78 is 21.3. The predicted octanol–water partition coefficient (Wildman–Crippen LogP) is 6.23. The van der Waals surface area contributed by atoms with Gasteiger partial charge in [0.25, 0.3) is 5.56 Å². The fourth-order valence-corrected chi connectivity index (χ4v) is 7.41. The number of halogens is 2. The van der Waals surface area contributed by atoms with Crippen LogP contribution in [0.1, 0.15) is 36.6 Å². The maximum absolute atomic E-state index is 14.3. The van der Waals surface area contributed by atoms with E-state index in [1.165, 1.54) is 18.4 Å². The number of ether oxygens (including phenoxy) is 3. The highest BCUT2D eigenvalue weighted by atomic mass is 79.9. The van der Waals surface area contributed by atoms with Crippen LogP contribution in [0, 0.1) is 0 Å². The van der Waals surface area contributed by atoms with Crippen LogP contribution in [0.15, 0.2) is 92.4 Å². The number of esters is 1. The summed E-state index contributed by atoms with van der Waals surface area (Å²) in [5.74, 6) is 0.427. The Morgan fingerprint density at radius 1 is 1.09 bits per heavy atom. The summed E-state index contributed by atoms with van der Waals surface area (Å²) in [6.45, 7) is 4.25. The first-order valence-electron chi connectivity index (χ1n) is 14.2. The molecule has 5 aromatic rings. The van der Waals surface area contributed by atoms with E-state index in [1.54, 1.807) is 37.7 Å². The Kier molecular flexibility index (Phi) is 8.72. The van der Waals surface area contributed by atoms with Crippen molar-refractivity contribution in [1.29, 1.82) is 0 Å². The molecule has 6 rings (SSSR count). The average Bonchev–Trinajstić information content (AvgIpc) is 3.53. The zero-order chi connectivity index (χ0) is 31.8. The maximum Gasteiger partial charge on any atom is 0.338 e. The molecule has 8 nitrogen and oxygen atoms in total.